The molecule has 1 aliphatic carbocycles. The number of hydrogen-bond acceptors (Lipinski definition) is 3. The van der Waals surface area contributed by atoms with E-state index in [-0.39, 0.29) is 5.91 Å². The number of carboxylic acids is 1. The lowest BCUT2D eigenvalue weighted by Crippen LogP contribution is -2.51. The van der Waals surface area contributed by atoms with E-state index in [2.05, 4.69) is 12.0 Å². The van der Waals surface area contributed by atoms with Gasteiger partial charge in [0.05, 0.1) is 11.1 Å². The Balaban J connectivity index is 1.31. The molecule has 2 aromatic carbocycles. The highest BCUT2D eigenvalue weighted by Gasteiger charge is 2.38. The molecule has 0 spiro atoms. The van der Waals surface area contributed by atoms with E-state index in [1.807, 2.05) is 15.8 Å². The molecule has 3 aromatic rings. The van der Waals surface area contributed by atoms with E-state index in [1.54, 1.807) is 36.4 Å². The van der Waals surface area contributed by atoms with Crippen molar-refractivity contribution >= 4 is 34.4 Å². The van der Waals surface area contributed by atoms with Crippen molar-refractivity contribution in [2.24, 2.45) is 11.8 Å². The van der Waals surface area contributed by atoms with Crippen molar-refractivity contribution in [2.45, 2.75) is 25.8 Å². The van der Waals surface area contributed by atoms with Crippen molar-refractivity contribution in [3.63, 3.8) is 0 Å². The number of benzene rings is 2. The lowest BCUT2D eigenvalue weighted by molar-refractivity contribution is 0.0461. The van der Waals surface area contributed by atoms with Crippen LogP contribution in [-0.4, -0.2) is 44.8 Å². The fourth-order valence-corrected chi connectivity index (χ4v) is 4.58. The van der Waals surface area contributed by atoms with E-state index in [0.29, 0.717) is 53.5 Å². The van der Waals surface area contributed by atoms with Crippen LogP contribution in [0.2, 0.25) is 5.02 Å². The van der Waals surface area contributed by atoms with Gasteiger partial charge in [-0.15, -0.1) is 0 Å². The molecule has 5 rings (SSSR count). The molecule has 1 aromatic heterocycles. The Morgan fingerprint density at radius 1 is 1.17 bits per heavy atom. The first-order valence-corrected chi connectivity index (χ1v) is 10.6. The highest BCUT2D eigenvalue weighted by Crippen LogP contribution is 2.50. The molecule has 1 amide bonds. The summed E-state index contributed by atoms with van der Waals surface area (Å²) in [5.74, 6) is 0.279. The van der Waals surface area contributed by atoms with Crippen molar-refractivity contribution in [3.8, 4) is 0 Å². The molecule has 154 valence electrons. The second-order valence-corrected chi connectivity index (χ2v) is 8.95. The van der Waals surface area contributed by atoms with Gasteiger partial charge in [0.2, 0.25) is 0 Å². The number of halogens is 1. The number of amides is 1. The number of carbonyl (C=O) groups excluding carboxylic acids is 1. The minimum absolute atomic E-state index is 0.0182. The molecule has 0 radical (unpaired) electrons. The summed E-state index contributed by atoms with van der Waals surface area (Å²) in [5.41, 5.74) is 2.79. The average Bonchev–Trinajstić information content (AvgIpc) is 3.25. The number of carbonyl (C=O) groups is 2. The standard InChI is InChI=1S/C23H22ClN3O3/c1-13-8-18(13)21-17(23(29)30)6-7-20-19(21)12-27(25-20)11-14-9-26(10-14)22(28)15-2-4-16(24)5-3-15/h2-7,12-14,18H,8-11H2,1H3,(H,29,30). The maximum absolute atomic E-state index is 12.5. The topological polar surface area (TPSA) is 75.4 Å². The van der Waals surface area contributed by atoms with Crippen LogP contribution in [0.3, 0.4) is 0 Å². The van der Waals surface area contributed by atoms with Crippen LogP contribution in [-0.2, 0) is 6.54 Å². The van der Waals surface area contributed by atoms with E-state index in [0.717, 1.165) is 22.9 Å². The largest absolute Gasteiger partial charge is 0.478 e. The van der Waals surface area contributed by atoms with E-state index in [1.165, 1.54) is 0 Å². The molecule has 1 aliphatic heterocycles. The van der Waals surface area contributed by atoms with Gasteiger partial charge in [-0.3, -0.25) is 9.48 Å². The minimum Gasteiger partial charge on any atom is -0.478 e. The Bertz CT molecular complexity index is 1150. The SMILES string of the molecule is CC1CC1c1c(C(=O)O)ccc2nn(CC3CN(C(=O)c4ccc(Cl)cc4)C3)cc12. The van der Waals surface area contributed by atoms with Gasteiger partial charge in [0.15, 0.2) is 0 Å². The normalized spacial score (nSPS) is 20.9. The molecule has 2 atom stereocenters. The van der Waals surface area contributed by atoms with E-state index < -0.39 is 5.97 Å². The van der Waals surface area contributed by atoms with Crippen molar-refractivity contribution in [1.82, 2.24) is 14.7 Å². The van der Waals surface area contributed by atoms with Crippen LogP contribution in [0.25, 0.3) is 10.9 Å². The maximum Gasteiger partial charge on any atom is 0.335 e. The molecule has 2 fully saturated rings. The molecule has 2 heterocycles. The van der Waals surface area contributed by atoms with Gasteiger partial charge in [0.25, 0.3) is 5.91 Å². The monoisotopic (exact) mass is 423 g/mol. The first-order chi connectivity index (χ1) is 14.4. The third kappa shape index (κ3) is 3.35. The summed E-state index contributed by atoms with van der Waals surface area (Å²) >= 11 is 5.89. The summed E-state index contributed by atoms with van der Waals surface area (Å²) in [4.78, 5) is 26.1. The molecule has 30 heavy (non-hydrogen) atoms. The molecular weight excluding hydrogens is 402 g/mol. The number of likely N-dealkylation sites (tertiary alicyclic amines) is 1. The van der Waals surface area contributed by atoms with Crippen LogP contribution in [0.4, 0.5) is 0 Å². The van der Waals surface area contributed by atoms with E-state index in [4.69, 9.17) is 11.6 Å². The second-order valence-electron chi connectivity index (χ2n) is 8.52. The minimum atomic E-state index is -0.880. The van der Waals surface area contributed by atoms with E-state index >= 15 is 0 Å². The van der Waals surface area contributed by atoms with Crippen molar-refractivity contribution in [3.05, 3.63) is 64.3 Å². The quantitative estimate of drug-likeness (QED) is 0.664. The smallest absolute Gasteiger partial charge is 0.335 e. The van der Waals surface area contributed by atoms with Crippen molar-refractivity contribution in [2.75, 3.05) is 13.1 Å². The highest BCUT2D eigenvalue weighted by atomic mass is 35.5. The van der Waals surface area contributed by atoms with Gasteiger partial charge in [-0.1, -0.05) is 18.5 Å². The summed E-state index contributed by atoms with van der Waals surface area (Å²) in [6.07, 6.45) is 3.00. The third-order valence-corrected chi connectivity index (χ3v) is 6.52. The number of hydrogen-bond donors (Lipinski definition) is 1. The summed E-state index contributed by atoms with van der Waals surface area (Å²) in [5, 5.41) is 15.8. The summed E-state index contributed by atoms with van der Waals surface area (Å²) in [6.45, 7) is 4.23. The van der Waals surface area contributed by atoms with Gasteiger partial charge in [0, 0.05) is 47.7 Å². The van der Waals surface area contributed by atoms with Gasteiger partial charge < -0.3 is 10.0 Å². The number of fused-ring (bicyclic) bond motifs is 1. The molecule has 1 N–H and O–H groups in total. The van der Waals surface area contributed by atoms with Crippen LogP contribution in [0, 0.1) is 11.8 Å². The molecule has 1 saturated carbocycles. The van der Waals surface area contributed by atoms with Gasteiger partial charge in [-0.05, 0) is 60.2 Å². The van der Waals surface area contributed by atoms with Gasteiger partial charge in [-0.2, -0.15) is 5.10 Å². The maximum atomic E-state index is 12.5. The first kappa shape index (κ1) is 19.1. The predicted molar refractivity (Wildman–Crippen MR) is 114 cm³/mol. The van der Waals surface area contributed by atoms with Gasteiger partial charge >= 0.3 is 5.97 Å². The molecule has 1 saturated heterocycles. The fourth-order valence-electron chi connectivity index (χ4n) is 4.46. The second kappa shape index (κ2) is 7.13. The zero-order valence-corrected chi connectivity index (χ0v) is 17.3. The fraction of sp³-hybridized carbons (Fsp3) is 0.348. The summed E-state index contributed by atoms with van der Waals surface area (Å²) in [7, 11) is 0. The summed E-state index contributed by atoms with van der Waals surface area (Å²) in [6, 6.07) is 10.4. The molecule has 6 nitrogen and oxygen atoms in total. The van der Waals surface area contributed by atoms with Gasteiger partial charge in [0.1, 0.15) is 0 Å². The Hall–Kier alpha value is -2.86. The molecule has 2 aliphatic rings. The number of nitrogens with zero attached hydrogens (tertiary/aromatic N) is 3. The molecule has 7 heteroatoms. The van der Waals surface area contributed by atoms with Crippen LogP contribution < -0.4 is 0 Å². The summed E-state index contributed by atoms with van der Waals surface area (Å²) < 4.78 is 1.90. The number of aromatic nitrogens is 2. The zero-order valence-electron chi connectivity index (χ0n) is 16.6. The number of rotatable bonds is 5. The molecule has 0 bridgehead atoms. The lowest BCUT2D eigenvalue weighted by Gasteiger charge is -2.39. The van der Waals surface area contributed by atoms with Crippen molar-refractivity contribution in [1.29, 1.82) is 0 Å². The van der Waals surface area contributed by atoms with Gasteiger partial charge in [-0.25, -0.2) is 4.79 Å². The molecule has 2 unspecified atom stereocenters. The Morgan fingerprint density at radius 3 is 2.50 bits per heavy atom. The van der Waals surface area contributed by atoms with Crippen LogP contribution in [0.5, 0.6) is 0 Å². The predicted octanol–water partition coefficient (Wildman–Crippen LogP) is 4.28. The number of carboxylic acid groups (broad SMARTS) is 1. The van der Waals surface area contributed by atoms with Crippen LogP contribution in [0.15, 0.2) is 42.6 Å². The zero-order chi connectivity index (χ0) is 21.0. The highest BCUT2D eigenvalue weighted by molar-refractivity contribution is 6.30. The molecular formula is C23H22ClN3O3. The Morgan fingerprint density at radius 2 is 1.87 bits per heavy atom. The van der Waals surface area contributed by atoms with E-state index in [9.17, 15) is 14.7 Å². The third-order valence-electron chi connectivity index (χ3n) is 6.27. The number of aromatic carboxylic acids is 1. The Labute approximate surface area is 179 Å². The van der Waals surface area contributed by atoms with Crippen LogP contribution >= 0.6 is 11.6 Å². The first-order valence-electron chi connectivity index (χ1n) is 10.2. The Kier molecular flexibility index (Phi) is 4.54. The average molecular weight is 424 g/mol. The lowest BCUT2D eigenvalue weighted by atomic mass is 9.98. The van der Waals surface area contributed by atoms with Crippen LogP contribution in [0.1, 0.15) is 45.5 Å². The van der Waals surface area contributed by atoms with Crippen molar-refractivity contribution < 1.29 is 14.7 Å².